The van der Waals surface area contributed by atoms with E-state index in [2.05, 4.69) is 5.32 Å². The molecule has 3 rings (SSSR count). The molecule has 0 saturated heterocycles. The smallest absolute Gasteiger partial charge is 0.223 e. The van der Waals surface area contributed by atoms with Crippen molar-refractivity contribution in [2.75, 3.05) is 20.6 Å². The van der Waals surface area contributed by atoms with Gasteiger partial charge < -0.3 is 9.73 Å². The molecule has 0 radical (unpaired) electrons. The maximum atomic E-state index is 12.4. The van der Waals surface area contributed by atoms with Crippen LogP contribution in [-0.2, 0) is 4.79 Å². The lowest BCUT2D eigenvalue weighted by atomic mass is 10.1. The second kappa shape index (κ2) is 6.77. The first kappa shape index (κ1) is 16.1. The van der Waals surface area contributed by atoms with Crippen LogP contribution in [0.4, 0.5) is 0 Å². The molecule has 3 unspecified atom stereocenters. The predicted molar refractivity (Wildman–Crippen MR) is 90.4 cm³/mol. The third kappa shape index (κ3) is 3.59. The number of hydrogen-bond donors (Lipinski definition) is 1. The van der Waals surface area contributed by atoms with E-state index in [0.29, 0.717) is 6.54 Å². The van der Waals surface area contributed by atoms with E-state index in [1.54, 1.807) is 6.26 Å². The fraction of sp³-hybridized carbons (Fsp3) is 0.389. The van der Waals surface area contributed by atoms with Gasteiger partial charge in [-0.3, -0.25) is 9.69 Å². The standard InChI is InChI=1S/C18H21ClN2O2/c1-21(2)16(17-8-5-9-23-17)11-20-18(22)14-10-13(14)12-6-3-4-7-15(12)19/h3-9,13-14,16H,10-11H2,1-2H3,(H,20,22). The number of carbonyl (C=O) groups is 1. The summed E-state index contributed by atoms with van der Waals surface area (Å²) in [7, 11) is 3.95. The third-order valence-electron chi connectivity index (χ3n) is 4.40. The van der Waals surface area contributed by atoms with Crippen molar-refractivity contribution in [2.24, 2.45) is 5.92 Å². The Morgan fingerprint density at radius 3 is 2.78 bits per heavy atom. The number of benzene rings is 1. The molecule has 0 bridgehead atoms. The van der Waals surface area contributed by atoms with E-state index in [-0.39, 0.29) is 23.8 Å². The maximum Gasteiger partial charge on any atom is 0.223 e. The number of hydrogen-bond acceptors (Lipinski definition) is 3. The topological polar surface area (TPSA) is 45.5 Å². The molecule has 0 aliphatic heterocycles. The van der Waals surface area contributed by atoms with Crippen LogP contribution in [-0.4, -0.2) is 31.4 Å². The van der Waals surface area contributed by atoms with Gasteiger partial charge >= 0.3 is 0 Å². The van der Waals surface area contributed by atoms with Crippen molar-refractivity contribution in [2.45, 2.75) is 18.4 Å². The first-order valence-corrected chi connectivity index (χ1v) is 8.17. The molecule has 1 heterocycles. The van der Waals surface area contributed by atoms with Crippen molar-refractivity contribution < 1.29 is 9.21 Å². The Morgan fingerprint density at radius 1 is 1.35 bits per heavy atom. The van der Waals surface area contributed by atoms with E-state index in [0.717, 1.165) is 22.8 Å². The number of amides is 1. The summed E-state index contributed by atoms with van der Waals surface area (Å²) in [6, 6.07) is 11.6. The van der Waals surface area contributed by atoms with Crippen molar-refractivity contribution in [1.29, 1.82) is 0 Å². The van der Waals surface area contributed by atoms with Crippen molar-refractivity contribution >= 4 is 17.5 Å². The van der Waals surface area contributed by atoms with Gasteiger partial charge in [0.15, 0.2) is 0 Å². The average molecular weight is 333 g/mol. The number of nitrogens with one attached hydrogen (secondary N) is 1. The van der Waals surface area contributed by atoms with Gasteiger partial charge in [0.05, 0.1) is 12.3 Å². The van der Waals surface area contributed by atoms with Gasteiger partial charge in [0.1, 0.15) is 5.76 Å². The zero-order valence-electron chi connectivity index (χ0n) is 13.3. The molecule has 1 aromatic carbocycles. The number of likely N-dealkylation sites (N-methyl/N-ethyl adjacent to an activating group) is 1. The van der Waals surface area contributed by atoms with Crippen LogP contribution in [0, 0.1) is 5.92 Å². The van der Waals surface area contributed by atoms with E-state index in [1.807, 2.05) is 55.4 Å². The highest BCUT2D eigenvalue weighted by atomic mass is 35.5. The molecule has 2 aromatic rings. The zero-order chi connectivity index (χ0) is 16.4. The molecular weight excluding hydrogens is 312 g/mol. The van der Waals surface area contributed by atoms with E-state index in [4.69, 9.17) is 16.0 Å². The molecule has 1 amide bonds. The van der Waals surface area contributed by atoms with E-state index >= 15 is 0 Å². The van der Waals surface area contributed by atoms with Gasteiger partial charge in [0.2, 0.25) is 5.91 Å². The van der Waals surface area contributed by atoms with E-state index < -0.39 is 0 Å². The molecular formula is C18H21ClN2O2. The van der Waals surface area contributed by atoms with Crippen LogP contribution in [0.2, 0.25) is 5.02 Å². The van der Waals surface area contributed by atoms with Gasteiger partial charge in [-0.15, -0.1) is 0 Å². The molecule has 1 saturated carbocycles. The Bertz CT molecular complexity index is 669. The Labute approximate surface area is 141 Å². The molecule has 0 spiro atoms. The minimum absolute atomic E-state index is 0.0225. The zero-order valence-corrected chi connectivity index (χ0v) is 14.1. The first-order valence-electron chi connectivity index (χ1n) is 7.80. The summed E-state index contributed by atoms with van der Waals surface area (Å²) < 4.78 is 5.46. The summed E-state index contributed by atoms with van der Waals surface area (Å²) in [6.45, 7) is 0.533. The molecule has 1 aliphatic carbocycles. The second-order valence-electron chi connectivity index (χ2n) is 6.21. The molecule has 1 fully saturated rings. The van der Waals surface area contributed by atoms with Gasteiger partial charge in [-0.1, -0.05) is 29.8 Å². The Kier molecular flexibility index (Phi) is 4.74. The molecule has 23 heavy (non-hydrogen) atoms. The Balaban J connectivity index is 1.57. The summed E-state index contributed by atoms with van der Waals surface area (Å²) in [5, 5.41) is 3.79. The normalized spacial score (nSPS) is 21.2. The van der Waals surface area contributed by atoms with Crippen molar-refractivity contribution in [3.05, 3.63) is 59.0 Å². The molecule has 1 aromatic heterocycles. The molecule has 1 N–H and O–H groups in total. The highest BCUT2D eigenvalue weighted by molar-refractivity contribution is 6.31. The Hall–Kier alpha value is -1.78. The van der Waals surface area contributed by atoms with E-state index in [9.17, 15) is 4.79 Å². The van der Waals surface area contributed by atoms with Crippen molar-refractivity contribution in [3.8, 4) is 0 Å². The fourth-order valence-electron chi connectivity index (χ4n) is 2.95. The summed E-state index contributed by atoms with van der Waals surface area (Å²) >= 11 is 6.22. The number of halogens is 1. The summed E-state index contributed by atoms with van der Waals surface area (Å²) in [5.41, 5.74) is 1.07. The van der Waals surface area contributed by atoms with Crippen LogP contribution < -0.4 is 5.32 Å². The lowest BCUT2D eigenvalue weighted by molar-refractivity contribution is -0.122. The highest BCUT2D eigenvalue weighted by Crippen LogP contribution is 2.49. The van der Waals surface area contributed by atoms with Crippen LogP contribution in [0.5, 0.6) is 0 Å². The molecule has 122 valence electrons. The van der Waals surface area contributed by atoms with Crippen LogP contribution >= 0.6 is 11.6 Å². The van der Waals surface area contributed by atoms with Crippen LogP contribution in [0.25, 0.3) is 0 Å². The molecule has 5 heteroatoms. The van der Waals surface area contributed by atoms with Gasteiger partial charge in [-0.2, -0.15) is 0 Å². The number of carbonyl (C=O) groups excluding carboxylic acids is 1. The van der Waals surface area contributed by atoms with Crippen molar-refractivity contribution in [3.63, 3.8) is 0 Å². The molecule has 4 nitrogen and oxygen atoms in total. The lowest BCUT2D eigenvalue weighted by Gasteiger charge is -2.22. The second-order valence-corrected chi connectivity index (χ2v) is 6.62. The SMILES string of the molecule is CN(C)C(CNC(=O)C1CC1c1ccccc1Cl)c1ccco1. The van der Waals surface area contributed by atoms with E-state index in [1.165, 1.54) is 0 Å². The summed E-state index contributed by atoms with van der Waals surface area (Å²) in [6.07, 6.45) is 2.52. The minimum atomic E-state index is 0.0225. The fourth-order valence-corrected chi connectivity index (χ4v) is 3.23. The Morgan fingerprint density at radius 2 is 2.13 bits per heavy atom. The summed E-state index contributed by atoms with van der Waals surface area (Å²) in [4.78, 5) is 14.4. The number of rotatable bonds is 6. The average Bonchev–Trinajstić information content (AvgIpc) is 3.14. The van der Waals surface area contributed by atoms with Crippen LogP contribution in [0.3, 0.4) is 0 Å². The summed E-state index contributed by atoms with van der Waals surface area (Å²) in [5.74, 6) is 1.21. The van der Waals surface area contributed by atoms with Crippen LogP contribution in [0.15, 0.2) is 47.1 Å². The predicted octanol–water partition coefficient (Wildman–Crippen LogP) is 3.46. The lowest BCUT2D eigenvalue weighted by Crippen LogP contribution is -2.35. The largest absolute Gasteiger partial charge is 0.468 e. The quantitative estimate of drug-likeness (QED) is 0.881. The maximum absolute atomic E-state index is 12.4. The number of furan rings is 1. The third-order valence-corrected chi connectivity index (χ3v) is 4.74. The highest BCUT2D eigenvalue weighted by Gasteiger charge is 2.44. The number of nitrogens with zero attached hydrogens (tertiary/aromatic N) is 1. The van der Waals surface area contributed by atoms with Crippen molar-refractivity contribution in [1.82, 2.24) is 10.2 Å². The van der Waals surface area contributed by atoms with Crippen LogP contribution in [0.1, 0.15) is 29.7 Å². The molecule has 3 atom stereocenters. The van der Waals surface area contributed by atoms with Gasteiger partial charge in [-0.05, 0) is 50.2 Å². The minimum Gasteiger partial charge on any atom is -0.468 e. The first-order chi connectivity index (χ1) is 11.1. The monoisotopic (exact) mass is 332 g/mol. The molecule has 1 aliphatic rings. The van der Waals surface area contributed by atoms with Gasteiger partial charge in [0.25, 0.3) is 0 Å². The van der Waals surface area contributed by atoms with Gasteiger partial charge in [-0.25, -0.2) is 0 Å². The van der Waals surface area contributed by atoms with Gasteiger partial charge in [0, 0.05) is 17.5 Å².